The van der Waals surface area contributed by atoms with Crippen LogP contribution < -0.4 is 5.56 Å². The van der Waals surface area contributed by atoms with Gasteiger partial charge in [-0.15, -0.1) is 0 Å². The first-order valence-electron chi connectivity index (χ1n) is 5.21. The molecule has 90 valence electrons. The van der Waals surface area contributed by atoms with Gasteiger partial charge in [0.05, 0.1) is 18.8 Å². The Kier molecular flexibility index (Phi) is 3.66. The quantitative estimate of drug-likeness (QED) is 0.905. The number of benzene rings is 1. The van der Waals surface area contributed by atoms with Crippen LogP contribution in [0.4, 0.5) is 0 Å². The highest BCUT2D eigenvalue weighted by Crippen LogP contribution is 2.11. The topological polar surface area (TPSA) is 47.0 Å². The SMILES string of the molecule is COCc1cc(=O)n(Cc2cccc(Cl)c2)[nH]1. The van der Waals surface area contributed by atoms with Crippen LogP contribution >= 0.6 is 11.6 Å². The number of nitrogens with one attached hydrogen (secondary N) is 1. The summed E-state index contributed by atoms with van der Waals surface area (Å²) >= 11 is 5.89. The predicted molar refractivity (Wildman–Crippen MR) is 66.3 cm³/mol. The van der Waals surface area contributed by atoms with Crippen molar-refractivity contribution < 1.29 is 4.74 Å². The molecule has 0 radical (unpaired) electrons. The van der Waals surface area contributed by atoms with Crippen molar-refractivity contribution in [2.24, 2.45) is 0 Å². The lowest BCUT2D eigenvalue weighted by molar-refractivity contribution is 0.181. The molecule has 0 aliphatic heterocycles. The lowest BCUT2D eigenvalue weighted by atomic mass is 10.2. The molecule has 0 aliphatic rings. The normalized spacial score (nSPS) is 10.7. The second-order valence-corrected chi connectivity index (χ2v) is 4.21. The molecule has 0 amide bonds. The minimum Gasteiger partial charge on any atom is -0.378 e. The van der Waals surface area contributed by atoms with Gasteiger partial charge in [0.2, 0.25) is 0 Å². The van der Waals surface area contributed by atoms with Crippen molar-refractivity contribution in [2.75, 3.05) is 7.11 Å². The van der Waals surface area contributed by atoms with Gasteiger partial charge in [-0.05, 0) is 17.7 Å². The summed E-state index contributed by atoms with van der Waals surface area (Å²) in [5.74, 6) is 0. The zero-order valence-corrected chi connectivity index (χ0v) is 10.2. The number of aromatic amines is 1. The van der Waals surface area contributed by atoms with Gasteiger partial charge in [0.25, 0.3) is 5.56 Å². The second-order valence-electron chi connectivity index (χ2n) is 3.77. The predicted octanol–water partition coefficient (Wildman–Crippen LogP) is 2.02. The van der Waals surface area contributed by atoms with E-state index in [0.717, 1.165) is 11.3 Å². The summed E-state index contributed by atoms with van der Waals surface area (Å²) in [6, 6.07) is 8.97. The molecule has 1 aromatic heterocycles. The van der Waals surface area contributed by atoms with Gasteiger partial charge in [-0.3, -0.25) is 9.89 Å². The van der Waals surface area contributed by atoms with Crippen LogP contribution in [0, 0.1) is 0 Å². The van der Waals surface area contributed by atoms with Crippen LogP contribution in [0.3, 0.4) is 0 Å². The number of H-pyrrole nitrogens is 1. The zero-order valence-electron chi connectivity index (χ0n) is 9.44. The minimum absolute atomic E-state index is 0.0722. The molecule has 1 heterocycles. The minimum atomic E-state index is -0.0722. The van der Waals surface area contributed by atoms with Gasteiger partial charge in [0, 0.05) is 18.2 Å². The van der Waals surface area contributed by atoms with Crippen LogP contribution in [0.15, 0.2) is 35.1 Å². The fourth-order valence-corrected chi connectivity index (χ4v) is 1.87. The van der Waals surface area contributed by atoms with Gasteiger partial charge < -0.3 is 4.74 Å². The lowest BCUT2D eigenvalue weighted by Crippen LogP contribution is -2.16. The number of methoxy groups -OCH3 is 1. The Balaban J connectivity index is 2.21. The van der Waals surface area contributed by atoms with E-state index in [1.807, 2.05) is 18.2 Å². The summed E-state index contributed by atoms with van der Waals surface area (Å²) < 4.78 is 6.49. The molecule has 0 unspecified atom stereocenters. The molecular formula is C12H13ClN2O2. The van der Waals surface area contributed by atoms with Gasteiger partial charge in [-0.2, -0.15) is 0 Å². The van der Waals surface area contributed by atoms with Crippen molar-refractivity contribution in [3.63, 3.8) is 0 Å². The average Bonchev–Trinajstić information content (AvgIpc) is 2.60. The van der Waals surface area contributed by atoms with Crippen LogP contribution in [0.2, 0.25) is 5.02 Å². The fraction of sp³-hybridized carbons (Fsp3) is 0.250. The molecule has 0 bridgehead atoms. The lowest BCUT2D eigenvalue weighted by Gasteiger charge is -2.03. The molecule has 17 heavy (non-hydrogen) atoms. The van der Waals surface area contributed by atoms with Crippen molar-refractivity contribution >= 4 is 11.6 Å². The summed E-state index contributed by atoms with van der Waals surface area (Å²) in [6.07, 6.45) is 0. The van der Waals surface area contributed by atoms with Crippen molar-refractivity contribution in [3.05, 3.63) is 57.0 Å². The molecule has 0 saturated heterocycles. The fourth-order valence-electron chi connectivity index (χ4n) is 1.65. The Morgan fingerprint density at radius 3 is 2.94 bits per heavy atom. The van der Waals surface area contributed by atoms with Crippen molar-refractivity contribution in [1.82, 2.24) is 9.78 Å². The largest absolute Gasteiger partial charge is 0.378 e. The van der Waals surface area contributed by atoms with Crippen LogP contribution in [0.5, 0.6) is 0 Å². The van der Waals surface area contributed by atoms with E-state index in [4.69, 9.17) is 16.3 Å². The highest BCUT2D eigenvalue weighted by molar-refractivity contribution is 6.30. The van der Waals surface area contributed by atoms with E-state index in [9.17, 15) is 4.79 Å². The monoisotopic (exact) mass is 252 g/mol. The number of nitrogens with zero attached hydrogens (tertiary/aromatic N) is 1. The Morgan fingerprint density at radius 2 is 2.24 bits per heavy atom. The van der Waals surface area contributed by atoms with Crippen molar-refractivity contribution in [1.29, 1.82) is 0 Å². The van der Waals surface area contributed by atoms with Crippen LogP contribution in [0.25, 0.3) is 0 Å². The Hall–Kier alpha value is -1.52. The standard InChI is InChI=1S/C12H13ClN2O2/c1-17-8-11-6-12(16)15(14-11)7-9-3-2-4-10(13)5-9/h2-6,14H,7-8H2,1H3. The maximum atomic E-state index is 11.6. The number of hydrogen-bond donors (Lipinski definition) is 1. The molecule has 0 spiro atoms. The first-order chi connectivity index (χ1) is 8.19. The van der Waals surface area contributed by atoms with Gasteiger partial charge >= 0.3 is 0 Å². The van der Waals surface area contributed by atoms with Gasteiger partial charge in [-0.25, -0.2) is 4.68 Å². The summed E-state index contributed by atoms with van der Waals surface area (Å²) in [5.41, 5.74) is 1.67. The second kappa shape index (κ2) is 5.21. The molecule has 1 N–H and O–H groups in total. The number of aromatic nitrogens is 2. The third-order valence-electron chi connectivity index (χ3n) is 2.37. The van der Waals surface area contributed by atoms with Gasteiger partial charge in [0.1, 0.15) is 0 Å². The number of rotatable bonds is 4. The third-order valence-corrected chi connectivity index (χ3v) is 2.61. The number of halogens is 1. The van der Waals surface area contributed by atoms with Crippen molar-refractivity contribution in [3.8, 4) is 0 Å². The van der Waals surface area contributed by atoms with E-state index in [1.54, 1.807) is 13.2 Å². The van der Waals surface area contributed by atoms with E-state index in [-0.39, 0.29) is 5.56 Å². The molecule has 2 rings (SSSR count). The van der Waals surface area contributed by atoms with Gasteiger partial charge in [0.15, 0.2) is 0 Å². The van der Waals surface area contributed by atoms with Crippen molar-refractivity contribution in [2.45, 2.75) is 13.2 Å². The van der Waals surface area contributed by atoms with Crippen LogP contribution in [-0.2, 0) is 17.9 Å². The summed E-state index contributed by atoms with van der Waals surface area (Å²) in [6.45, 7) is 0.876. The number of hydrogen-bond acceptors (Lipinski definition) is 2. The van der Waals surface area contributed by atoms with Gasteiger partial charge in [-0.1, -0.05) is 23.7 Å². The molecular weight excluding hydrogens is 240 g/mol. The molecule has 5 heteroatoms. The molecule has 4 nitrogen and oxygen atoms in total. The molecule has 1 aromatic carbocycles. The maximum absolute atomic E-state index is 11.6. The maximum Gasteiger partial charge on any atom is 0.267 e. The first-order valence-corrected chi connectivity index (χ1v) is 5.59. The summed E-state index contributed by atoms with van der Waals surface area (Å²) in [5, 5.41) is 3.65. The Labute approximate surface area is 104 Å². The highest BCUT2D eigenvalue weighted by atomic mass is 35.5. The zero-order chi connectivity index (χ0) is 12.3. The van der Waals surface area contributed by atoms with E-state index in [0.29, 0.717) is 18.2 Å². The number of ether oxygens (including phenoxy) is 1. The molecule has 0 fully saturated rings. The molecule has 0 saturated carbocycles. The van der Waals surface area contributed by atoms with E-state index in [2.05, 4.69) is 5.10 Å². The molecule has 0 aliphatic carbocycles. The first kappa shape index (κ1) is 12.0. The molecule has 0 atom stereocenters. The van der Waals surface area contributed by atoms with E-state index >= 15 is 0 Å². The van der Waals surface area contributed by atoms with E-state index in [1.165, 1.54) is 10.7 Å². The average molecular weight is 253 g/mol. The smallest absolute Gasteiger partial charge is 0.267 e. The Morgan fingerprint density at radius 1 is 1.41 bits per heavy atom. The third kappa shape index (κ3) is 2.99. The highest BCUT2D eigenvalue weighted by Gasteiger charge is 2.03. The van der Waals surface area contributed by atoms with E-state index < -0.39 is 0 Å². The summed E-state index contributed by atoms with van der Waals surface area (Å²) in [7, 11) is 1.59. The molecule has 2 aromatic rings. The Bertz CT molecular complexity index is 560. The van der Waals surface area contributed by atoms with Crippen LogP contribution in [-0.4, -0.2) is 16.9 Å². The van der Waals surface area contributed by atoms with Crippen LogP contribution in [0.1, 0.15) is 11.3 Å². The summed E-state index contributed by atoms with van der Waals surface area (Å²) in [4.78, 5) is 11.6.